The number of carbonyl (C=O) groups is 1. The van der Waals surface area contributed by atoms with Crippen molar-refractivity contribution < 1.29 is 9.90 Å². The lowest BCUT2D eigenvalue weighted by Crippen LogP contribution is -2.50. The Kier molecular flexibility index (Phi) is 8.93. The summed E-state index contributed by atoms with van der Waals surface area (Å²) in [6.07, 6.45) is 13.9. The Bertz CT molecular complexity index is 297. The summed E-state index contributed by atoms with van der Waals surface area (Å²) in [7, 11) is 0. The minimum atomic E-state index is -1.00. The normalized spacial score (nSPS) is 22.8. The standard InChI is InChI=1S/C17H34N2O2/c1-2-3-4-5-6-7-8-9-10-11-13-19-14-12-17(18,15-19)16(20)21/h2-15,18H2,1H3,(H,20,21). The van der Waals surface area contributed by atoms with Crippen molar-refractivity contribution in [1.29, 1.82) is 0 Å². The maximum absolute atomic E-state index is 11.1. The highest BCUT2D eigenvalue weighted by Crippen LogP contribution is 2.19. The zero-order valence-electron chi connectivity index (χ0n) is 13.8. The first-order chi connectivity index (χ1) is 10.1. The molecule has 1 fully saturated rings. The molecule has 0 aromatic carbocycles. The number of carboxylic acid groups (broad SMARTS) is 1. The van der Waals surface area contributed by atoms with Gasteiger partial charge in [0.15, 0.2) is 0 Å². The number of likely N-dealkylation sites (tertiary alicyclic amines) is 1. The fraction of sp³-hybridized carbons (Fsp3) is 0.941. The molecule has 0 aromatic rings. The van der Waals surface area contributed by atoms with Crippen molar-refractivity contribution in [3.05, 3.63) is 0 Å². The topological polar surface area (TPSA) is 66.6 Å². The number of aliphatic carboxylic acids is 1. The van der Waals surface area contributed by atoms with E-state index >= 15 is 0 Å². The van der Waals surface area contributed by atoms with Crippen LogP contribution >= 0.6 is 0 Å². The monoisotopic (exact) mass is 298 g/mol. The highest BCUT2D eigenvalue weighted by Gasteiger charge is 2.40. The SMILES string of the molecule is CCCCCCCCCCCCN1CCC(N)(C(=O)O)C1. The van der Waals surface area contributed by atoms with Crippen LogP contribution in [0, 0.1) is 0 Å². The van der Waals surface area contributed by atoms with Gasteiger partial charge in [0, 0.05) is 13.1 Å². The highest BCUT2D eigenvalue weighted by molar-refractivity contribution is 5.79. The number of unbranched alkanes of at least 4 members (excludes halogenated alkanes) is 9. The van der Waals surface area contributed by atoms with Gasteiger partial charge >= 0.3 is 5.97 Å². The van der Waals surface area contributed by atoms with E-state index in [1.165, 1.54) is 64.2 Å². The van der Waals surface area contributed by atoms with E-state index in [-0.39, 0.29) is 0 Å². The Morgan fingerprint density at radius 1 is 1.05 bits per heavy atom. The van der Waals surface area contributed by atoms with Gasteiger partial charge in [-0.05, 0) is 19.4 Å². The fourth-order valence-corrected chi connectivity index (χ4v) is 3.10. The first kappa shape index (κ1) is 18.4. The summed E-state index contributed by atoms with van der Waals surface area (Å²) in [6.45, 7) is 4.61. The van der Waals surface area contributed by atoms with E-state index in [1.807, 2.05) is 0 Å². The molecule has 1 unspecified atom stereocenters. The molecule has 3 N–H and O–H groups in total. The van der Waals surface area contributed by atoms with E-state index in [4.69, 9.17) is 10.8 Å². The largest absolute Gasteiger partial charge is 0.480 e. The summed E-state index contributed by atoms with van der Waals surface area (Å²) in [5.41, 5.74) is 4.87. The molecule has 4 heteroatoms. The van der Waals surface area contributed by atoms with Gasteiger partial charge in [-0.2, -0.15) is 0 Å². The number of hydrogen-bond acceptors (Lipinski definition) is 3. The lowest BCUT2D eigenvalue weighted by Gasteiger charge is -2.19. The van der Waals surface area contributed by atoms with Gasteiger partial charge in [-0.3, -0.25) is 4.79 Å². The highest BCUT2D eigenvalue weighted by atomic mass is 16.4. The number of nitrogens with two attached hydrogens (primary N) is 1. The van der Waals surface area contributed by atoms with Crippen LogP contribution in [0.1, 0.15) is 77.6 Å². The molecule has 1 aliphatic rings. The first-order valence-electron chi connectivity index (χ1n) is 8.83. The maximum atomic E-state index is 11.1. The van der Waals surface area contributed by atoms with Crippen molar-refractivity contribution in [2.45, 2.75) is 83.1 Å². The Morgan fingerprint density at radius 3 is 2.05 bits per heavy atom. The second-order valence-corrected chi connectivity index (χ2v) is 6.67. The van der Waals surface area contributed by atoms with Crippen molar-refractivity contribution >= 4 is 5.97 Å². The number of rotatable bonds is 12. The zero-order valence-corrected chi connectivity index (χ0v) is 13.8. The van der Waals surface area contributed by atoms with Crippen LogP contribution < -0.4 is 5.73 Å². The Hall–Kier alpha value is -0.610. The number of hydrogen-bond donors (Lipinski definition) is 2. The van der Waals surface area contributed by atoms with E-state index in [1.54, 1.807) is 0 Å². The molecule has 0 radical (unpaired) electrons. The number of nitrogens with zero attached hydrogens (tertiary/aromatic N) is 1. The van der Waals surface area contributed by atoms with Crippen molar-refractivity contribution in [3.63, 3.8) is 0 Å². The third-order valence-corrected chi connectivity index (χ3v) is 4.63. The summed E-state index contributed by atoms with van der Waals surface area (Å²) in [5, 5.41) is 9.08. The lowest BCUT2D eigenvalue weighted by molar-refractivity contribution is -0.142. The van der Waals surface area contributed by atoms with E-state index in [9.17, 15) is 4.79 Å². The van der Waals surface area contributed by atoms with Crippen molar-refractivity contribution in [3.8, 4) is 0 Å². The molecule has 0 amide bonds. The van der Waals surface area contributed by atoms with Gasteiger partial charge in [0.05, 0.1) is 0 Å². The van der Waals surface area contributed by atoms with E-state index in [0.29, 0.717) is 13.0 Å². The van der Waals surface area contributed by atoms with Gasteiger partial charge < -0.3 is 15.7 Å². The summed E-state index contributed by atoms with van der Waals surface area (Å²) in [5.74, 6) is -0.854. The molecule has 0 aliphatic carbocycles. The van der Waals surface area contributed by atoms with E-state index in [0.717, 1.165) is 13.1 Å². The second kappa shape index (κ2) is 10.2. The summed E-state index contributed by atoms with van der Waals surface area (Å²) >= 11 is 0. The van der Waals surface area contributed by atoms with Crippen LogP contribution in [0.25, 0.3) is 0 Å². The van der Waals surface area contributed by atoms with Crippen molar-refractivity contribution in [1.82, 2.24) is 4.90 Å². The van der Waals surface area contributed by atoms with Crippen LogP contribution in [0.2, 0.25) is 0 Å². The number of carboxylic acids is 1. The Balaban J connectivity index is 1.90. The van der Waals surface area contributed by atoms with Crippen LogP contribution in [0.15, 0.2) is 0 Å². The molecule has 1 heterocycles. The fourth-order valence-electron chi connectivity index (χ4n) is 3.10. The molecule has 0 saturated carbocycles. The predicted octanol–water partition coefficient (Wildman–Crippen LogP) is 3.40. The maximum Gasteiger partial charge on any atom is 0.325 e. The molecule has 0 aromatic heterocycles. The summed E-state index contributed by atoms with van der Waals surface area (Å²) in [6, 6.07) is 0. The van der Waals surface area contributed by atoms with Crippen LogP contribution in [-0.4, -0.2) is 41.1 Å². The molecule has 124 valence electrons. The molecule has 21 heavy (non-hydrogen) atoms. The molecule has 1 saturated heterocycles. The van der Waals surface area contributed by atoms with Gasteiger partial charge in [0.2, 0.25) is 0 Å². The second-order valence-electron chi connectivity index (χ2n) is 6.67. The van der Waals surface area contributed by atoms with Crippen molar-refractivity contribution in [2.24, 2.45) is 5.73 Å². The van der Waals surface area contributed by atoms with Gasteiger partial charge in [0.25, 0.3) is 0 Å². The summed E-state index contributed by atoms with van der Waals surface area (Å²) in [4.78, 5) is 13.3. The molecule has 0 bridgehead atoms. The minimum absolute atomic E-state index is 0.514. The third kappa shape index (κ3) is 7.28. The van der Waals surface area contributed by atoms with Gasteiger partial charge in [-0.25, -0.2) is 0 Å². The minimum Gasteiger partial charge on any atom is -0.480 e. The molecular formula is C17H34N2O2. The Morgan fingerprint density at radius 2 is 1.57 bits per heavy atom. The zero-order chi connectivity index (χ0) is 15.6. The molecule has 1 rings (SSSR count). The molecule has 1 aliphatic heterocycles. The average Bonchev–Trinajstić information content (AvgIpc) is 2.84. The van der Waals surface area contributed by atoms with Crippen molar-refractivity contribution in [2.75, 3.05) is 19.6 Å². The summed E-state index contributed by atoms with van der Waals surface area (Å²) < 4.78 is 0. The van der Waals surface area contributed by atoms with E-state index in [2.05, 4.69) is 11.8 Å². The smallest absolute Gasteiger partial charge is 0.325 e. The van der Waals surface area contributed by atoms with Gasteiger partial charge in [-0.15, -0.1) is 0 Å². The molecule has 1 atom stereocenters. The lowest BCUT2D eigenvalue weighted by atomic mass is 10.0. The van der Waals surface area contributed by atoms with Crippen LogP contribution in [-0.2, 0) is 4.79 Å². The predicted molar refractivity (Wildman–Crippen MR) is 87.5 cm³/mol. The molecule has 0 spiro atoms. The third-order valence-electron chi connectivity index (χ3n) is 4.63. The van der Waals surface area contributed by atoms with Crippen LogP contribution in [0.4, 0.5) is 0 Å². The van der Waals surface area contributed by atoms with Gasteiger partial charge in [0.1, 0.15) is 5.54 Å². The van der Waals surface area contributed by atoms with E-state index < -0.39 is 11.5 Å². The van der Waals surface area contributed by atoms with Crippen LogP contribution in [0.3, 0.4) is 0 Å². The molecular weight excluding hydrogens is 264 g/mol. The van der Waals surface area contributed by atoms with Gasteiger partial charge in [-0.1, -0.05) is 64.7 Å². The van der Waals surface area contributed by atoms with Crippen LogP contribution in [0.5, 0.6) is 0 Å². The quantitative estimate of drug-likeness (QED) is 0.542. The average molecular weight is 298 g/mol. The first-order valence-corrected chi connectivity index (χ1v) is 8.83. The Labute approximate surface area is 130 Å². The molecule has 4 nitrogen and oxygen atoms in total.